The average Bonchev–Trinajstić information content (AvgIpc) is 3.60. The van der Waals surface area contributed by atoms with Crippen molar-refractivity contribution in [2.24, 2.45) is 23.0 Å². The van der Waals surface area contributed by atoms with E-state index in [1.54, 1.807) is 52.8 Å². The molecular weight excluding hydrogens is 574 g/mol. The highest BCUT2D eigenvalue weighted by Gasteiger charge is 2.43. The van der Waals surface area contributed by atoms with Crippen molar-refractivity contribution >= 4 is 39.4 Å². The second kappa shape index (κ2) is 13.9. The van der Waals surface area contributed by atoms with E-state index in [4.69, 9.17) is 5.73 Å². The summed E-state index contributed by atoms with van der Waals surface area (Å²) in [7, 11) is -3.69. The molecule has 2 aliphatic rings. The van der Waals surface area contributed by atoms with Crippen LogP contribution in [0.1, 0.15) is 66.7 Å². The van der Waals surface area contributed by atoms with Crippen molar-refractivity contribution in [3.63, 3.8) is 0 Å². The van der Waals surface area contributed by atoms with Crippen LogP contribution in [0.5, 0.6) is 0 Å². The molecule has 5 N–H and O–H groups in total. The molecule has 3 rings (SSSR count). The maximum absolute atomic E-state index is 13.9. The first-order valence-corrected chi connectivity index (χ1v) is 16.5. The van der Waals surface area contributed by atoms with Gasteiger partial charge in [0.1, 0.15) is 12.1 Å². The number of amides is 5. The standard InChI is InChI=1S/C30H45N5O7S/c1-18(2)22(17-43(41,42)20-10-7-6-8-11-20)33-29(40)34-25(30(3,4)5)28(39)35-15-9-12-23(35)27(38)32-21(16-19-13-14-19)24(36)26(31)37/h6-8,10-11,18-19,21-23,25H,9,12-17H2,1-5H3,(H2,31,37)(H,32,38)(H2,33,34,40)/t21?,22?,23?,25-/m1/s1. The van der Waals surface area contributed by atoms with E-state index in [0.717, 1.165) is 12.8 Å². The van der Waals surface area contributed by atoms with Crippen LogP contribution in [0.3, 0.4) is 0 Å². The van der Waals surface area contributed by atoms with Crippen molar-refractivity contribution in [3.8, 4) is 0 Å². The molecule has 43 heavy (non-hydrogen) atoms. The largest absolute Gasteiger partial charge is 0.363 e. The van der Waals surface area contributed by atoms with Gasteiger partial charge in [0.2, 0.25) is 17.6 Å². The lowest BCUT2D eigenvalue weighted by molar-refractivity contribution is -0.143. The fourth-order valence-corrected chi connectivity index (χ4v) is 6.88. The van der Waals surface area contributed by atoms with E-state index in [0.29, 0.717) is 19.3 Å². The van der Waals surface area contributed by atoms with Gasteiger partial charge in [-0.05, 0) is 48.6 Å². The third-order valence-corrected chi connectivity index (χ3v) is 9.78. The zero-order valence-corrected chi connectivity index (χ0v) is 26.4. The summed E-state index contributed by atoms with van der Waals surface area (Å²) in [5.41, 5.74) is 4.44. The number of hydrogen-bond acceptors (Lipinski definition) is 7. The van der Waals surface area contributed by atoms with Gasteiger partial charge in [0.25, 0.3) is 5.91 Å². The summed E-state index contributed by atoms with van der Waals surface area (Å²) in [6, 6.07) is 3.57. The Morgan fingerprint density at radius 2 is 1.60 bits per heavy atom. The van der Waals surface area contributed by atoms with Crippen LogP contribution in [0.15, 0.2) is 35.2 Å². The highest BCUT2D eigenvalue weighted by atomic mass is 32.2. The molecule has 4 atom stereocenters. The number of likely N-dealkylation sites (tertiary alicyclic amines) is 1. The van der Waals surface area contributed by atoms with Gasteiger partial charge < -0.3 is 26.6 Å². The van der Waals surface area contributed by atoms with Crippen LogP contribution < -0.4 is 21.7 Å². The van der Waals surface area contributed by atoms with Crippen molar-refractivity contribution in [1.82, 2.24) is 20.9 Å². The number of nitrogens with two attached hydrogens (primary N) is 1. The molecule has 1 saturated heterocycles. The van der Waals surface area contributed by atoms with E-state index in [2.05, 4.69) is 16.0 Å². The average molecular weight is 620 g/mol. The molecule has 0 bridgehead atoms. The topological polar surface area (TPSA) is 185 Å². The van der Waals surface area contributed by atoms with Crippen LogP contribution in [0.2, 0.25) is 0 Å². The number of benzene rings is 1. The Balaban J connectivity index is 1.72. The van der Waals surface area contributed by atoms with E-state index in [-0.39, 0.29) is 29.0 Å². The summed E-state index contributed by atoms with van der Waals surface area (Å²) >= 11 is 0. The quantitative estimate of drug-likeness (QED) is 0.241. The van der Waals surface area contributed by atoms with E-state index in [9.17, 15) is 32.4 Å². The first-order valence-electron chi connectivity index (χ1n) is 14.8. The lowest BCUT2D eigenvalue weighted by Gasteiger charge is -2.36. The highest BCUT2D eigenvalue weighted by molar-refractivity contribution is 7.91. The van der Waals surface area contributed by atoms with Gasteiger partial charge in [-0.15, -0.1) is 0 Å². The smallest absolute Gasteiger partial charge is 0.315 e. The monoisotopic (exact) mass is 619 g/mol. The maximum Gasteiger partial charge on any atom is 0.315 e. The summed E-state index contributed by atoms with van der Waals surface area (Å²) < 4.78 is 26.0. The van der Waals surface area contributed by atoms with Crippen molar-refractivity contribution in [2.45, 2.75) is 95.8 Å². The normalized spacial score (nSPS) is 19.3. The molecular formula is C30H45N5O7S. The fourth-order valence-electron chi connectivity index (χ4n) is 5.18. The maximum atomic E-state index is 13.9. The number of hydrogen-bond donors (Lipinski definition) is 4. The zero-order chi connectivity index (χ0) is 32.1. The Morgan fingerprint density at radius 3 is 2.14 bits per heavy atom. The Morgan fingerprint density at radius 1 is 0.977 bits per heavy atom. The number of carbonyl (C=O) groups excluding carboxylic acids is 5. The van der Waals surface area contributed by atoms with Crippen LogP contribution in [-0.4, -0.2) is 79.3 Å². The van der Waals surface area contributed by atoms with Crippen molar-refractivity contribution in [3.05, 3.63) is 30.3 Å². The molecule has 1 aromatic carbocycles. The van der Waals surface area contributed by atoms with Gasteiger partial charge in [0.15, 0.2) is 9.84 Å². The molecule has 0 spiro atoms. The van der Waals surface area contributed by atoms with Crippen LogP contribution in [0.25, 0.3) is 0 Å². The number of rotatable bonds is 13. The lowest BCUT2D eigenvalue weighted by atomic mass is 9.85. The summed E-state index contributed by atoms with van der Waals surface area (Å²) in [5, 5.41) is 8.11. The first kappa shape index (κ1) is 34.0. The minimum Gasteiger partial charge on any atom is -0.363 e. The summed E-state index contributed by atoms with van der Waals surface area (Å²) in [6.45, 7) is 9.19. The highest BCUT2D eigenvalue weighted by Crippen LogP contribution is 2.34. The lowest BCUT2D eigenvalue weighted by Crippen LogP contribution is -2.61. The summed E-state index contributed by atoms with van der Waals surface area (Å²) in [5.74, 6) is -3.32. The number of carbonyl (C=O) groups is 5. The zero-order valence-electron chi connectivity index (χ0n) is 25.6. The number of primary amides is 1. The number of nitrogens with one attached hydrogen (secondary N) is 3. The molecule has 0 radical (unpaired) electrons. The molecule has 1 saturated carbocycles. The first-order chi connectivity index (χ1) is 20.0. The van der Waals surface area contributed by atoms with Crippen LogP contribution in [0, 0.1) is 17.3 Å². The Labute approximate surface area is 253 Å². The molecule has 238 valence electrons. The van der Waals surface area contributed by atoms with E-state index < -0.39 is 69.0 Å². The predicted molar refractivity (Wildman–Crippen MR) is 160 cm³/mol. The fraction of sp³-hybridized carbons (Fsp3) is 0.633. The third-order valence-electron chi connectivity index (χ3n) is 7.99. The number of nitrogens with zero attached hydrogens (tertiary/aromatic N) is 1. The molecule has 0 aromatic heterocycles. The van der Waals surface area contributed by atoms with Crippen molar-refractivity contribution < 1.29 is 32.4 Å². The SMILES string of the molecule is CC(C)C(CS(=O)(=O)c1ccccc1)NC(=O)N[C@H](C(=O)N1CCCC1C(=O)NC(CC1CC1)C(=O)C(N)=O)C(C)(C)C. The minimum atomic E-state index is -3.69. The van der Waals surface area contributed by atoms with Gasteiger partial charge in [0.05, 0.1) is 16.7 Å². The third kappa shape index (κ3) is 9.25. The molecule has 5 amide bonds. The summed E-state index contributed by atoms with van der Waals surface area (Å²) in [6.07, 6.45) is 3.02. The van der Waals surface area contributed by atoms with Gasteiger partial charge in [0, 0.05) is 12.6 Å². The molecule has 3 unspecified atom stereocenters. The Hall–Kier alpha value is -3.48. The van der Waals surface area contributed by atoms with E-state index >= 15 is 0 Å². The number of sulfone groups is 1. The number of ketones is 1. The molecule has 1 aliphatic heterocycles. The minimum absolute atomic E-state index is 0.154. The van der Waals surface area contributed by atoms with Gasteiger partial charge in [-0.2, -0.15) is 0 Å². The van der Waals surface area contributed by atoms with Crippen molar-refractivity contribution in [2.75, 3.05) is 12.3 Å². The van der Waals surface area contributed by atoms with Crippen LogP contribution in [-0.2, 0) is 29.0 Å². The second-order valence-corrected chi connectivity index (χ2v) is 15.1. The van der Waals surface area contributed by atoms with Gasteiger partial charge in [-0.1, -0.05) is 65.7 Å². The molecule has 13 heteroatoms. The van der Waals surface area contributed by atoms with Crippen LogP contribution >= 0.6 is 0 Å². The Kier molecular flexibility index (Phi) is 11.0. The molecule has 1 aliphatic carbocycles. The van der Waals surface area contributed by atoms with Gasteiger partial charge in [-0.25, -0.2) is 13.2 Å². The van der Waals surface area contributed by atoms with E-state index in [1.807, 2.05) is 0 Å². The molecule has 1 heterocycles. The number of urea groups is 1. The summed E-state index contributed by atoms with van der Waals surface area (Å²) in [4.78, 5) is 65.9. The van der Waals surface area contributed by atoms with E-state index in [1.165, 1.54) is 17.0 Å². The molecule has 1 aromatic rings. The number of Topliss-reactive ketones (excluding diaryl/α,β-unsaturated/α-hetero) is 1. The Bertz CT molecular complexity index is 1310. The van der Waals surface area contributed by atoms with Gasteiger partial charge in [-0.3, -0.25) is 19.2 Å². The predicted octanol–water partition coefficient (Wildman–Crippen LogP) is 1.53. The van der Waals surface area contributed by atoms with Crippen LogP contribution in [0.4, 0.5) is 4.79 Å². The molecule has 12 nitrogen and oxygen atoms in total. The van der Waals surface area contributed by atoms with Gasteiger partial charge >= 0.3 is 6.03 Å². The molecule has 2 fully saturated rings. The second-order valence-electron chi connectivity index (χ2n) is 13.0. The van der Waals surface area contributed by atoms with Crippen molar-refractivity contribution in [1.29, 1.82) is 0 Å².